The number of halogens is 2. The van der Waals surface area contributed by atoms with Gasteiger partial charge in [0.05, 0.1) is 6.54 Å². The summed E-state index contributed by atoms with van der Waals surface area (Å²) in [4.78, 5) is 24.0. The monoisotopic (exact) mass is 362 g/mol. The fraction of sp³-hybridized carbons (Fsp3) is 0.222. The summed E-state index contributed by atoms with van der Waals surface area (Å²) in [6.45, 7) is 3.56. The van der Waals surface area contributed by atoms with E-state index in [1.165, 1.54) is 18.2 Å². The lowest BCUT2D eigenvalue weighted by Crippen LogP contribution is -2.32. The standard InChI is InChI=1S/C18H16F2N2O4/c1-10-3-4-12(7-11(10)2)17(24)21-9-16(23)22-13-5-6-14-15(8-13)26-18(19,20)25-14/h3-8H,9H2,1-2H3,(H,21,24)(H,22,23). The van der Waals surface area contributed by atoms with Gasteiger partial charge in [-0.2, -0.15) is 0 Å². The number of ether oxygens (including phenoxy) is 2. The van der Waals surface area contributed by atoms with Gasteiger partial charge in [-0.25, -0.2) is 0 Å². The van der Waals surface area contributed by atoms with Crippen LogP contribution in [0, 0.1) is 13.8 Å². The third-order valence-electron chi connectivity index (χ3n) is 3.86. The molecule has 0 spiro atoms. The van der Waals surface area contributed by atoms with E-state index < -0.39 is 12.2 Å². The molecule has 2 aromatic carbocycles. The van der Waals surface area contributed by atoms with Crippen molar-refractivity contribution in [2.45, 2.75) is 20.1 Å². The second-order valence-electron chi connectivity index (χ2n) is 5.86. The number of aryl methyl sites for hydroxylation is 2. The Kier molecular flexibility index (Phi) is 4.50. The molecule has 1 heterocycles. The molecule has 136 valence electrons. The van der Waals surface area contributed by atoms with Crippen molar-refractivity contribution in [1.82, 2.24) is 5.32 Å². The minimum Gasteiger partial charge on any atom is -0.395 e. The van der Waals surface area contributed by atoms with Gasteiger partial charge in [-0.05, 0) is 49.2 Å². The Morgan fingerprint density at radius 1 is 1.00 bits per heavy atom. The normalized spacial score (nSPS) is 14.0. The Morgan fingerprint density at radius 2 is 1.73 bits per heavy atom. The summed E-state index contributed by atoms with van der Waals surface area (Å²) < 4.78 is 34.5. The average Bonchev–Trinajstić information content (AvgIpc) is 2.88. The Hall–Kier alpha value is -3.16. The van der Waals surface area contributed by atoms with Crippen LogP contribution in [0.15, 0.2) is 36.4 Å². The third-order valence-corrected chi connectivity index (χ3v) is 3.86. The van der Waals surface area contributed by atoms with E-state index in [1.807, 2.05) is 19.9 Å². The minimum atomic E-state index is -3.72. The molecule has 6 nitrogen and oxygen atoms in total. The van der Waals surface area contributed by atoms with Crippen LogP contribution in [-0.4, -0.2) is 24.7 Å². The van der Waals surface area contributed by atoms with Crippen LogP contribution in [0.3, 0.4) is 0 Å². The van der Waals surface area contributed by atoms with Crippen LogP contribution in [-0.2, 0) is 4.79 Å². The summed E-state index contributed by atoms with van der Waals surface area (Å²) in [6.07, 6.45) is -3.72. The number of benzene rings is 2. The Balaban J connectivity index is 1.56. The molecule has 1 aliphatic rings. The van der Waals surface area contributed by atoms with Crippen molar-refractivity contribution in [2.24, 2.45) is 0 Å². The predicted molar refractivity (Wildman–Crippen MR) is 89.5 cm³/mol. The third kappa shape index (κ3) is 3.90. The van der Waals surface area contributed by atoms with E-state index in [4.69, 9.17) is 0 Å². The lowest BCUT2D eigenvalue weighted by Gasteiger charge is -2.08. The van der Waals surface area contributed by atoms with E-state index in [1.54, 1.807) is 12.1 Å². The van der Waals surface area contributed by atoms with Crippen molar-refractivity contribution in [3.63, 3.8) is 0 Å². The van der Waals surface area contributed by atoms with Crippen LogP contribution in [0.4, 0.5) is 14.5 Å². The SMILES string of the molecule is Cc1ccc(C(=O)NCC(=O)Nc2ccc3c(c2)OC(F)(F)O3)cc1C. The largest absolute Gasteiger partial charge is 0.586 e. The van der Waals surface area contributed by atoms with Gasteiger partial charge in [0, 0.05) is 17.3 Å². The van der Waals surface area contributed by atoms with Gasteiger partial charge in [-0.1, -0.05) is 6.07 Å². The summed E-state index contributed by atoms with van der Waals surface area (Å²) in [7, 11) is 0. The van der Waals surface area contributed by atoms with Crippen LogP contribution in [0.2, 0.25) is 0 Å². The van der Waals surface area contributed by atoms with E-state index in [0.29, 0.717) is 5.56 Å². The van der Waals surface area contributed by atoms with Crippen molar-refractivity contribution in [1.29, 1.82) is 0 Å². The van der Waals surface area contributed by atoms with E-state index in [0.717, 1.165) is 11.1 Å². The number of carbonyl (C=O) groups excluding carboxylic acids is 2. The minimum absolute atomic E-state index is 0.115. The molecule has 0 radical (unpaired) electrons. The zero-order chi connectivity index (χ0) is 18.9. The molecule has 2 aromatic rings. The predicted octanol–water partition coefficient (Wildman–Crippen LogP) is 2.99. The van der Waals surface area contributed by atoms with Crippen molar-refractivity contribution in [3.05, 3.63) is 53.1 Å². The highest BCUT2D eigenvalue weighted by Crippen LogP contribution is 2.42. The first-order valence-corrected chi connectivity index (χ1v) is 7.79. The van der Waals surface area contributed by atoms with E-state index in [2.05, 4.69) is 20.1 Å². The first-order valence-electron chi connectivity index (χ1n) is 7.79. The van der Waals surface area contributed by atoms with Crippen LogP contribution in [0.1, 0.15) is 21.5 Å². The molecule has 0 unspecified atom stereocenters. The highest BCUT2D eigenvalue weighted by Gasteiger charge is 2.43. The highest BCUT2D eigenvalue weighted by molar-refractivity contribution is 5.99. The number of alkyl halides is 2. The zero-order valence-corrected chi connectivity index (χ0v) is 14.1. The molecule has 3 rings (SSSR count). The molecule has 0 saturated carbocycles. The first-order chi connectivity index (χ1) is 12.2. The van der Waals surface area contributed by atoms with Gasteiger partial charge < -0.3 is 20.1 Å². The molecule has 0 aromatic heterocycles. The molecule has 26 heavy (non-hydrogen) atoms. The fourth-order valence-corrected chi connectivity index (χ4v) is 2.38. The zero-order valence-electron chi connectivity index (χ0n) is 14.1. The van der Waals surface area contributed by atoms with Gasteiger partial charge in [0.15, 0.2) is 11.5 Å². The molecule has 0 fully saturated rings. The first kappa shape index (κ1) is 17.7. The van der Waals surface area contributed by atoms with Gasteiger partial charge in [-0.3, -0.25) is 9.59 Å². The highest BCUT2D eigenvalue weighted by atomic mass is 19.3. The average molecular weight is 362 g/mol. The van der Waals surface area contributed by atoms with Gasteiger partial charge >= 0.3 is 6.29 Å². The van der Waals surface area contributed by atoms with Crippen molar-refractivity contribution in [2.75, 3.05) is 11.9 Å². The maximum absolute atomic E-state index is 13.0. The molecule has 2 amide bonds. The summed E-state index contributed by atoms with van der Waals surface area (Å²) in [5, 5.41) is 5.00. The summed E-state index contributed by atoms with van der Waals surface area (Å²) in [5.74, 6) is -1.18. The molecule has 0 atom stereocenters. The number of hydrogen-bond acceptors (Lipinski definition) is 4. The van der Waals surface area contributed by atoms with Crippen molar-refractivity contribution < 1.29 is 27.8 Å². The summed E-state index contributed by atoms with van der Waals surface area (Å²) in [5.41, 5.74) is 2.73. The molecule has 0 bridgehead atoms. The van der Waals surface area contributed by atoms with E-state index >= 15 is 0 Å². The topological polar surface area (TPSA) is 76.7 Å². The van der Waals surface area contributed by atoms with Crippen LogP contribution in [0.25, 0.3) is 0 Å². The number of hydrogen-bond donors (Lipinski definition) is 2. The Labute approximate surface area is 148 Å². The molecular formula is C18H16F2N2O4. The fourth-order valence-electron chi connectivity index (χ4n) is 2.38. The van der Waals surface area contributed by atoms with Crippen LogP contribution >= 0.6 is 0 Å². The van der Waals surface area contributed by atoms with Gasteiger partial charge in [0.25, 0.3) is 5.91 Å². The van der Waals surface area contributed by atoms with Crippen molar-refractivity contribution >= 4 is 17.5 Å². The Bertz CT molecular complexity index is 883. The second-order valence-corrected chi connectivity index (χ2v) is 5.86. The van der Waals surface area contributed by atoms with E-state index in [-0.39, 0.29) is 29.6 Å². The summed E-state index contributed by atoms with van der Waals surface area (Å²) >= 11 is 0. The van der Waals surface area contributed by atoms with Crippen LogP contribution in [0.5, 0.6) is 11.5 Å². The number of anilines is 1. The summed E-state index contributed by atoms with van der Waals surface area (Å²) in [6, 6.07) is 9.12. The molecule has 0 saturated heterocycles. The van der Waals surface area contributed by atoms with Gasteiger partial charge in [0.2, 0.25) is 5.91 Å². The van der Waals surface area contributed by atoms with E-state index in [9.17, 15) is 18.4 Å². The smallest absolute Gasteiger partial charge is 0.395 e. The van der Waals surface area contributed by atoms with Gasteiger partial charge in [-0.15, -0.1) is 8.78 Å². The number of rotatable bonds is 4. The number of fused-ring (bicyclic) bond motifs is 1. The lowest BCUT2D eigenvalue weighted by molar-refractivity contribution is -0.286. The number of carbonyl (C=O) groups is 2. The van der Waals surface area contributed by atoms with Crippen molar-refractivity contribution in [3.8, 4) is 11.5 Å². The molecular weight excluding hydrogens is 346 g/mol. The second kappa shape index (κ2) is 6.62. The molecule has 8 heteroatoms. The number of amides is 2. The Morgan fingerprint density at radius 3 is 2.46 bits per heavy atom. The van der Waals surface area contributed by atoms with Gasteiger partial charge in [0.1, 0.15) is 0 Å². The molecule has 0 aliphatic carbocycles. The molecule has 2 N–H and O–H groups in total. The van der Waals surface area contributed by atoms with Crippen LogP contribution < -0.4 is 20.1 Å². The lowest BCUT2D eigenvalue weighted by atomic mass is 10.1. The number of nitrogens with one attached hydrogen (secondary N) is 2. The molecule has 1 aliphatic heterocycles. The maximum Gasteiger partial charge on any atom is 0.586 e. The quantitative estimate of drug-likeness (QED) is 0.877. The maximum atomic E-state index is 13.0.